The number of nitrogen functional groups attached to an aromatic ring is 1. The van der Waals surface area contributed by atoms with Crippen molar-refractivity contribution in [2.75, 3.05) is 10.5 Å². The van der Waals surface area contributed by atoms with Crippen molar-refractivity contribution in [3.8, 4) is 0 Å². The lowest BCUT2D eigenvalue weighted by Gasteiger charge is -2.13. The molecular weight excluding hydrogens is 366 g/mol. The van der Waals surface area contributed by atoms with Gasteiger partial charge in [0.25, 0.3) is 10.0 Å². The van der Waals surface area contributed by atoms with Crippen LogP contribution in [0.1, 0.15) is 5.56 Å². The van der Waals surface area contributed by atoms with Crippen molar-refractivity contribution >= 4 is 37.3 Å². The zero-order valence-corrected chi connectivity index (χ0v) is 13.2. The highest BCUT2D eigenvalue weighted by Crippen LogP contribution is 2.30. The van der Waals surface area contributed by atoms with Gasteiger partial charge in [0.15, 0.2) is 5.82 Å². The summed E-state index contributed by atoms with van der Waals surface area (Å²) in [4.78, 5) is -0.0712. The summed E-state index contributed by atoms with van der Waals surface area (Å²) in [5.74, 6) is -1.84. The molecule has 0 bridgehead atoms. The van der Waals surface area contributed by atoms with Gasteiger partial charge in [-0.3, -0.25) is 4.72 Å². The number of halogens is 3. The number of benzene rings is 2. The fourth-order valence-corrected chi connectivity index (χ4v) is 3.74. The molecule has 3 N–H and O–H groups in total. The molecule has 21 heavy (non-hydrogen) atoms. The fraction of sp³-hybridized carbons (Fsp3) is 0.0769. The number of hydrogen-bond acceptors (Lipinski definition) is 3. The van der Waals surface area contributed by atoms with E-state index in [1.54, 1.807) is 19.1 Å². The molecule has 112 valence electrons. The molecule has 0 aliphatic heterocycles. The first-order chi connectivity index (χ1) is 9.70. The number of nitrogens with two attached hydrogens (primary N) is 1. The van der Waals surface area contributed by atoms with Crippen molar-refractivity contribution in [1.82, 2.24) is 0 Å². The third-order valence-electron chi connectivity index (χ3n) is 2.75. The van der Waals surface area contributed by atoms with Crippen molar-refractivity contribution in [2.45, 2.75) is 11.8 Å². The quantitative estimate of drug-likeness (QED) is 0.806. The average molecular weight is 377 g/mol. The van der Waals surface area contributed by atoms with Gasteiger partial charge in [-0.2, -0.15) is 0 Å². The van der Waals surface area contributed by atoms with E-state index >= 15 is 0 Å². The second-order valence-electron chi connectivity index (χ2n) is 4.37. The second kappa shape index (κ2) is 5.61. The van der Waals surface area contributed by atoms with Gasteiger partial charge < -0.3 is 5.73 Å². The summed E-state index contributed by atoms with van der Waals surface area (Å²) in [7, 11) is -4.05. The predicted molar refractivity (Wildman–Crippen MR) is 80.5 cm³/mol. The maximum absolute atomic E-state index is 13.7. The van der Waals surface area contributed by atoms with E-state index in [0.717, 1.165) is 6.07 Å². The Hall–Kier alpha value is -1.67. The molecule has 0 unspecified atom stereocenters. The number of hydrogen-bond donors (Lipinski definition) is 2. The summed E-state index contributed by atoms with van der Waals surface area (Å²) >= 11 is 2.92. The molecule has 0 amide bonds. The van der Waals surface area contributed by atoms with Gasteiger partial charge in [-0.05, 0) is 46.6 Å². The minimum absolute atomic E-state index is 0.0369. The van der Waals surface area contributed by atoms with Crippen LogP contribution in [-0.2, 0) is 10.0 Å². The van der Waals surface area contributed by atoms with Gasteiger partial charge in [0, 0.05) is 16.2 Å². The Balaban J connectivity index is 2.50. The molecular formula is C13H11BrF2N2O2S. The molecule has 4 nitrogen and oxygen atoms in total. The molecule has 0 saturated heterocycles. The molecule has 0 saturated carbocycles. The van der Waals surface area contributed by atoms with Crippen LogP contribution in [0.25, 0.3) is 0 Å². The number of anilines is 2. The molecule has 0 aromatic heterocycles. The Morgan fingerprint density at radius 1 is 1.19 bits per heavy atom. The Morgan fingerprint density at radius 3 is 2.48 bits per heavy atom. The highest BCUT2D eigenvalue weighted by Gasteiger charge is 2.21. The lowest BCUT2D eigenvalue weighted by Crippen LogP contribution is -2.16. The third kappa shape index (κ3) is 3.33. The smallest absolute Gasteiger partial charge is 0.262 e. The largest absolute Gasteiger partial charge is 0.399 e. The maximum atomic E-state index is 13.7. The Kier molecular flexibility index (Phi) is 4.20. The van der Waals surface area contributed by atoms with Crippen LogP contribution in [-0.4, -0.2) is 8.42 Å². The van der Waals surface area contributed by atoms with Crippen LogP contribution < -0.4 is 10.5 Å². The topological polar surface area (TPSA) is 72.2 Å². The standard InChI is InChI=1S/C13H11BrF2N2O2S/c1-7-2-3-9(17)6-12(7)21(19,20)18-13-10(14)4-8(15)5-11(13)16/h2-6,18H,17H2,1H3. The number of aryl methyl sites for hydroxylation is 1. The van der Waals surface area contributed by atoms with Crippen molar-refractivity contribution in [3.05, 3.63) is 52.0 Å². The van der Waals surface area contributed by atoms with E-state index in [9.17, 15) is 17.2 Å². The molecule has 0 spiro atoms. The third-order valence-corrected chi connectivity index (χ3v) is 4.86. The van der Waals surface area contributed by atoms with Gasteiger partial charge in [-0.1, -0.05) is 6.07 Å². The Labute approximate surface area is 129 Å². The molecule has 8 heteroatoms. The molecule has 0 atom stereocenters. The van der Waals surface area contributed by atoms with Gasteiger partial charge in [0.1, 0.15) is 5.82 Å². The van der Waals surface area contributed by atoms with Crippen molar-refractivity contribution < 1.29 is 17.2 Å². The van der Waals surface area contributed by atoms with E-state index in [1.165, 1.54) is 6.07 Å². The minimum atomic E-state index is -4.05. The van der Waals surface area contributed by atoms with E-state index in [4.69, 9.17) is 5.73 Å². The lowest BCUT2D eigenvalue weighted by molar-refractivity contribution is 0.581. The summed E-state index contributed by atoms with van der Waals surface area (Å²) in [5.41, 5.74) is 5.93. The molecule has 0 aliphatic carbocycles. The molecule has 0 heterocycles. The van der Waals surface area contributed by atoms with Gasteiger partial charge in [-0.25, -0.2) is 17.2 Å². The minimum Gasteiger partial charge on any atom is -0.399 e. The molecule has 0 fully saturated rings. The van der Waals surface area contributed by atoms with Gasteiger partial charge >= 0.3 is 0 Å². The van der Waals surface area contributed by atoms with Gasteiger partial charge in [-0.15, -0.1) is 0 Å². The second-order valence-corrected chi connectivity index (χ2v) is 6.88. The van der Waals surface area contributed by atoms with Crippen LogP contribution in [0.2, 0.25) is 0 Å². The van der Waals surface area contributed by atoms with Crippen molar-refractivity contribution in [1.29, 1.82) is 0 Å². The van der Waals surface area contributed by atoms with E-state index in [0.29, 0.717) is 11.6 Å². The molecule has 0 aliphatic rings. The first-order valence-electron chi connectivity index (χ1n) is 5.74. The van der Waals surface area contributed by atoms with Crippen LogP contribution in [0.3, 0.4) is 0 Å². The molecule has 0 radical (unpaired) electrons. The summed E-state index contributed by atoms with van der Waals surface area (Å²) in [6, 6.07) is 5.93. The van der Waals surface area contributed by atoms with Crippen LogP contribution in [0.15, 0.2) is 39.7 Å². The molecule has 2 rings (SSSR count). The van der Waals surface area contributed by atoms with E-state index in [1.807, 2.05) is 0 Å². The highest BCUT2D eigenvalue weighted by atomic mass is 79.9. The summed E-state index contributed by atoms with van der Waals surface area (Å²) in [5, 5.41) is 0. The van der Waals surface area contributed by atoms with Crippen LogP contribution in [0, 0.1) is 18.6 Å². The highest BCUT2D eigenvalue weighted by molar-refractivity contribution is 9.10. The lowest BCUT2D eigenvalue weighted by atomic mass is 10.2. The molecule has 2 aromatic carbocycles. The number of nitrogens with one attached hydrogen (secondary N) is 1. The summed E-state index contributed by atoms with van der Waals surface area (Å²) in [6.07, 6.45) is 0. The van der Waals surface area contributed by atoms with Gasteiger partial charge in [0.2, 0.25) is 0 Å². The first-order valence-corrected chi connectivity index (χ1v) is 8.02. The zero-order chi connectivity index (χ0) is 15.8. The zero-order valence-electron chi connectivity index (χ0n) is 10.8. The van der Waals surface area contributed by atoms with Crippen molar-refractivity contribution in [3.63, 3.8) is 0 Å². The normalized spacial score (nSPS) is 11.4. The maximum Gasteiger partial charge on any atom is 0.262 e. The van der Waals surface area contributed by atoms with Crippen LogP contribution in [0.5, 0.6) is 0 Å². The van der Waals surface area contributed by atoms with E-state index in [-0.39, 0.29) is 20.7 Å². The monoisotopic (exact) mass is 376 g/mol. The van der Waals surface area contributed by atoms with Crippen LogP contribution >= 0.6 is 15.9 Å². The van der Waals surface area contributed by atoms with Crippen molar-refractivity contribution in [2.24, 2.45) is 0 Å². The van der Waals surface area contributed by atoms with Gasteiger partial charge in [0.05, 0.1) is 10.6 Å². The fourth-order valence-electron chi connectivity index (χ4n) is 1.74. The summed E-state index contributed by atoms with van der Waals surface area (Å²) in [6.45, 7) is 1.59. The summed E-state index contributed by atoms with van der Waals surface area (Å²) < 4.78 is 53.4. The Bertz CT molecular complexity index is 787. The van der Waals surface area contributed by atoms with E-state index < -0.39 is 21.7 Å². The Morgan fingerprint density at radius 2 is 1.86 bits per heavy atom. The SMILES string of the molecule is Cc1ccc(N)cc1S(=O)(=O)Nc1c(F)cc(F)cc1Br. The first kappa shape index (κ1) is 15.7. The molecule has 2 aromatic rings. The predicted octanol–water partition coefficient (Wildman–Crippen LogP) is 3.42. The number of rotatable bonds is 3. The average Bonchev–Trinajstić information content (AvgIpc) is 2.36. The van der Waals surface area contributed by atoms with E-state index in [2.05, 4.69) is 20.7 Å². The van der Waals surface area contributed by atoms with Crippen LogP contribution in [0.4, 0.5) is 20.2 Å². The number of sulfonamides is 1.